The molecule has 0 heterocycles. The van der Waals surface area contributed by atoms with E-state index in [1.165, 1.54) is 90.4 Å². The average molecular weight is 602 g/mol. The van der Waals surface area contributed by atoms with Crippen molar-refractivity contribution < 1.29 is 9.53 Å². The zero-order valence-electron chi connectivity index (χ0n) is 24.6. The molecule has 34 heavy (non-hydrogen) atoms. The van der Waals surface area contributed by atoms with Crippen LogP contribution in [-0.2, 0) is 4.43 Å². The molecule has 0 aromatic carbocycles. The molecule has 1 N–H and O–H groups in total. The standard InChI is InChI=1S/C18H35O2Si.3C4H9.Sn/c1-18(2,3)21(4,5)20-15-11-7-10-14-17(19)16-12-8-6-9-13-16;3*1-3-4-2;/h14,16-17,19H,6-9,11-13,15H2,1-5H3;3*1,3-4H2,2H3;. The Morgan fingerprint density at radius 3 is 1.85 bits per heavy atom. The molecule has 1 rings (SSSR count). The molecule has 1 saturated carbocycles. The van der Waals surface area contributed by atoms with E-state index in [1.54, 1.807) is 3.59 Å². The van der Waals surface area contributed by atoms with Crippen LogP contribution in [0.3, 0.4) is 0 Å². The van der Waals surface area contributed by atoms with Gasteiger partial charge in [-0.3, -0.25) is 0 Å². The fourth-order valence-electron chi connectivity index (χ4n) is 5.55. The van der Waals surface area contributed by atoms with Gasteiger partial charge in [-0.15, -0.1) is 0 Å². The van der Waals surface area contributed by atoms with E-state index in [4.69, 9.17) is 4.43 Å². The second-order valence-corrected chi connectivity index (χ2v) is 31.1. The van der Waals surface area contributed by atoms with Gasteiger partial charge in [0, 0.05) is 0 Å². The first-order valence-electron chi connectivity index (χ1n) is 15.1. The molecule has 0 amide bonds. The molecular formula is C30H62O2SiSn. The predicted molar refractivity (Wildman–Crippen MR) is 158 cm³/mol. The van der Waals surface area contributed by atoms with Gasteiger partial charge >= 0.3 is 221 Å². The topological polar surface area (TPSA) is 29.5 Å². The molecule has 1 unspecified atom stereocenters. The maximum absolute atomic E-state index is 11.4. The van der Waals surface area contributed by atoms with Crippen molar-refractivity contribution in [1.82, 2.24) is 0 Å². The van der Waals surface area contributed by atoms with Gasteiger partial charge in [0.2, 0.25) is 0 Å². The van der Waals surface area contributed by atoms with E-state index in [2.05, 4.69) is 60.7 Å². The van der Waals surface area contributed by atoms with E-state index in [1.807, 2.05) is 0 Å². The van der Waals surface area contributed by atoms with Crippen LogP contribution >= 0.6 is 0 Å². The Labute approximate surface area is 220 Å². The number of aliphatic hydroxyl groups is 1. The number of hydrogen-bond donors (Lipinski definition) is 1. The van der Waals surface area contributed by atoms with Gasteiger partial charge in [-0.2, -0.15) is 0 Å². The van der Waals surface area contributed by atoms with E-state index in [0.717, 1.165) is 13.0 Å². The third-order valence-corrected chi connectivity index (χ3v) is 29.9. The third kappa shape index (κ3) is 11.0. The molecule has 1 atom stereocenters. The molecule has 0 saturated heterocycles. The van der Waals surface area contributed by atoms with E-state index >= 15 is 0 Å². The summed E-state index contributed by atoms with van der Waals surface area (Å²) in [6, 6.07) is 0. The average Bonchev–Trinajstić information content (AvgIpc) is 2.80. The van der Waals surface area contributed by atoms with Gasteiger partial charge in [0.25, 0.3) is 0 Å². The van der Waals surface area contributed by atoms with Gasteiger partial charge in [-0.25, -0.2) is 0 Å². The Hall–Kier alpha value is 0.676. The zero-order valence-corrected chi connectivity index (χ0v) is 28.5. The molecule has 0 bridgehead atoms. The van der Waals surface area contributed by atoms with E-state index in [-0.39, 0.29) is 11.1 Å². The summed E-state index contributed by atoms with van der Waals surface area (Å²) in [6.07, 6.45) is 19.1. The van der Waals surface area contributed by atoms with Crippen molar-refractivity contribution in [3.05, 3.63) is 9.67 Å². The molecule has 2 nitrogen and oxygen atoms in total. The van der Waals surface area contributed by atoms with Gasteiger partial charge < -0.3 is 0 Å². The SMILES string of the molecule is CCC[CH2][Sn]([CH2]CCC)([CH2]CCC)/[C](=C/C(O)C1CCCCC1)CCCO[Si](C)(C)C(C)(C)C. The number of rotatable bonds is 17. The van der Waals surface area contributed by atoms with Crippen LogP contribution in [0.5, 0.6) is 0 Å². The monoisotopic (exact) mass is 602 g/mol. The third-order valence-electron chi connectivity index (χ3n) is 9.07. The first-order valence-corrected chi connectivity index (χ1v) is 25.4. The summed E-state index contributed by atoms with van der Waals surface area (Å²) in [5, 5.41) is 11.7. The fourth-order valence-corrected chi connectivity index (χ4v) is 23.9. The molecule has 1 fully saturated rings. The van der Waals surface area contributed by atoms with Crippen molar-refractivity contribution in [3.63, 3.8) is 0 Å². The molecular weight excluding hydrogens is 539 g/mol. The van der Waals surface area contributed by atoms with Crippen molar-refractivity contribution in [2.75, 3.05) is 6.61 Å². The molecule has 202 valence electrons. The van der Waals surface area contributed by atoms with E-state index in [0.29, 0.717) is 5.92 Å². The molecule has 0 radical (unpaired) electrons. The quantitative estimate of drug-likeness (QED) is 0.133. The molecule has 1 aliphatic carbocycles. The maximum atomic E-state index is 11.4. The van der Waals surface area contributed by atoms with Crippen LogP contribution in [0.2, 0.25) is 31.4 Å². The summed E-state index contributed by atoms with van der Waals surface area (Å²) in [4.78, 5) is 0. The summed E-state index contributed by atoms with van der Waals surface area (Å²) < 4.78 is 12.9. The fraction of sp³-hybridized carbons (Fsp3) is 0.933. The minimum atomic E-state index is -2.54. The Morgan fingerprint density at radius 2 is 1.41 bits per heavy atom. The van der Waals surface area contributed by atoms with Gasteiger partial charge in [0.05, 0.1) is 0 Å². The second kappa shape index (κ2) is 16.5. The van der Waals surface area contributed by atoms with Crippen LogP contribution < -0.4 is 0 Å². The Balaban J connectivity index is 3.16. The van der Waals surface area contributed by atoms with Crippen molar-refractivity contribution in [1.29, 1.82) is 0 Å². The summed E-state index contributed by atoms with van der Waals surface area (Å²) in [5.74, 6) is 0.500. The van der Waals surface area contributed by atoms with Crippen molar-refractivity contribution in [2.45, 2.75) is 163 Å². The molecule has 0 aromatic heterocycles. The first-order chi connectivity index (χ1) is 16.0. The van der Waals surface area contributed by atoms with Gasteiger partial charge in [0.1, 0.15) is 0 Å². The summed E-state index contributed by atoms with van der Waals surface area (Å²) >= 11 is -2.54. The molecule has 0 aliphatic heterocycles. The molecule has 0 aromatic rings. The van der Waals surface area contributed by atoms with Crippen LogP contribution in [-0.4, -0.2) is 44.5 Å². The summed E-state index contributed by atoms with van der Waals surface area (Å²) in [5.41, 5.74) is 0. The normalized spacial score (nSPS) is 17.9. The van der Waals surface area contributed by atoms with Gasteiger partial charge in [-0.1, -0.05) is 0 Å². The van der Waals surface area contributed by atoms with Gasteiger partial charge in [0.15, 0.2) is 0 Å². The van der Waals surface area contributed by atoms with E-state index < -0.39 is 26.7 Å². The van der Waals surface area contributed by atoms with Crippen molar-refractivity contribution >= 4 is 26.7 Å². The Morgan fingerprint density at radius 1 is 0.912 bits per heavy atom. The van der Waals surface area contributed by atoms with Crippen LogP contribution in [0.1, 0.15) is 125 Å². The minimum absolute atomic E-state index is 0.211. The van der Waals surface area contributed by atoms with Crippen LogP contribution in [0.4, 0.5) is 0 Å². The predicted octanol–water partition coefficient (Wildman–Crippen LogP) is 10.0. The van der Waals surface area contributed by atoms with E-state index in [9.17, 15) is 5.11 Å². The van der Waals surface area contributed by atoms with Crippen molar-refractivity contribution in [2.24, 2.45) is 5.92 Å². The van der Waals surface area contributed by atoms with Crippen LogP contribution in [0.25, 0.3) is 0 Å². The number of unbranched alkanes of at least 4 members (excludes halogenated alkanes) is 3. The summed E-state index contributed by atoms with van der Waals surface area (Å²) in [7, 11) is -1.70. The Kier molecular flexibility index (Phi) is 15.9. The number of hydrogen-bond acceptors (Lipinski definition) is 2. The second-order valence-electron chi connectivity index (χ2n) is 12.9. The van der Waals surface area contributed by atoms with Crippen molar-refractivity contribution in [3.8, 4) is 0 Å². The molecule has 1 aliphatic rings. The van der Waals surface area contributed by atoms with Gasteiger partial charge in [-0.05, 0) is 0 Å². The zero-order chi connectivity index (χ0) is 25.7. The number of allylic oxidation sites excluding steroid dienone is 1. The van der Waals surface area contributed by atoms with Crippen LogP contribution in [0, 0.1) is 5.92 Å². The first kappa shape index (κ1) is 32.7. The Bertz CT molecular complexity index is 539. The molecule has 4 heteroatoms. The molecule has 0 spiro atoms. The number of aliphatic hydroxyl groups excluding tert-OH is 1. The summed E-state index contributed by atoms with van der Waals surface area (Å²) in [6.45, 7) is 19.8. The van der Waals surface area contributed by atoms with Crippen LogP contribution in [0.15, 0.2) is 9.67 Å².